The number of carboxylic acids is 1. The lowest BCUT2D eigenvalue weighted by Gasteiger charge is -2.03. The van der Waals surface area contributed by atoms with E-state index in [4.69, 9.17) is 10.8 Å². The molecule has 0 radical (unpaired) electrons. The van der Waals surface area contributed by atoms with Crippen LogP contribution in [-0.2, 0) is 9.59 Å². The molecule has 0 aromatic carbocycles. The Labute approximate surface area is 141 Å². The van der Waals surface area contributed by atoms with Crippen LogP contribution in [0.4, 0.5) is 0 Å². The molecule has 0 saturated carbocycles. The molecule has 5 heteroatoms. The lowest BCUT2D eigenvalue weighted by molar-refractivity contribution is -0.137. The van der Waals surface area contributed by atoms with Gasteiger partial charge < -0.3 is 16.2 Å². The Morgan fingerprint density at radius 2 is 1.48 bits per heavy atom. The summed E-state index contributed by atoms with van der Waals surface area (Å²) < 4.78 is 0. The number of carbonyl (C=O) groups excluding carboxylic acids is 1. The smallest absolute Gasteiger partial charge is 0.303 e. The monoisotopic (exact) mass is 328 g/mol. The Bertz CT molecular complexity index is 280. The molecular formula is C18H36N2O3. The zero-order valence-electron chi connectivity index (χ0n) is 14.7. The lowest BCUT2D eigenvalue weighted by Crippen LogP contribution is -2.23. The van der Waals surface area contributed by atoms with Crippen LogP contribution in [0.5, 0.6) is 0 Å². The number of carbonyl (C=O) groups is 2. The van der Waals surface area contributed by atoms with Crippen molar-refractivity contribution in [2.75, 3.05) is 13.1 Å². The summed E-state index contributed by atoms with van der Waals surface area (Å²) in [7, 11) is 0. The molecule has 0 bridgehead atoms. The van der Waals surface area contributed by atoms with Gasteiger partial charge in [-0.3, -0.25) is 9.59 Å². The maximum absolute atomic E-state index is 11.3. The number of hydrogen-bond acceptors (Lipinski definition) is 3. The average Bonchev–Trinajstić information content (AvgIpc) is 2.55. The molecule has 1 amide bonds. The van der Waals surface area contributed by atoms with Gasteiger partial charge >= 0.3 is 5.97 Å². The van der Waals surface area contributed by atoms with Crippen molar-refractivity contribution in [3.05, 3.63) is 0 Å². The van der Waals surface area contributed by atoms with Gasteiger partial charge in [-0.15, -0.1) is 0 Å². The summed E-state index contributed by atoms with van der Waals surface area (Å²) in [5.41, 5.74) is 5.20. The third-order valence-corrected chi connectivity index (χ3v) is 4.00. The van der Waals surface area contributed by atoms with Gasteiger partial charge in [0.1, 0.15) is 0 Å². The van der Waals surface area contributed by atoms with Crippen molar-refractivity contribution in [3.63, 3.8) is 0 Å². The van der Waals surface area contributed by atoms with Crippen LogP contribution in [-0.4, -0.2) is 30.1 Å². The Balaban J connectivity index is 0.000000468. The SMILES string of the molecule is NCCCCCC(=O)O.O=C1CCCCCCCCCCCN1. The minimum absolute atomic E-state index is 0.254. The lowest BCUT2D eigenvalue weighted by atomic mass is 10.1. The zero-order chi connectivity index (χ0) is 17.2. The molecule has 0 aromatic rings. The molecule has 1 saturated heterocycles. The molecule has 1 rings (SSSR count). The van der Waals surface area contributed by atoms with Crippen LogP contribution in [0.15, 0.2) is 0 Å². The maximum atomic E-state index is 11.3. The molecule has 1 aliphatic heterocycles. The average molecular weight is 328 g/mol. The molecule has 1 heterocycles. The highest BCUT2D eigenvalue weighted by Gasteiger charge is 2.01. The van der Waals surface area contributed by atoms with E-state index in [1.54, 1.807) is 0 Å². The first-order chi connectivity index (χ1) is 11.2. The Kier molecular flexibility index (Phi) is 16.4. The number of hydrogen-bond donors (Lipinski definition) is 3. The van der Waals surface area contributed by atoms with Crippen molar-refractivity contribution in [1.29, 1.82) is 0 Å². The van der Waals surface area contributed by atoms with Crippen molar-refractivity contribution in [2.24, 2.45) is 5.73 Å². The molecule has 1 aliphatic rings. The second-order valence-electron chi connectivity index (χ2n) is 6.28. The quantitative estimate of drug-likeness (QED) is 0.672. The van der Waals surface area contributed by atoms with Crippen molar-refractivity contribution >= 4 is 11.9 Å². The van der Waals surface area contributed by atoms with E-state index in [2.05, 4.69) is 5.32 Å². The van der Waals surface area contributed by atoms with Crippen LogP contribution < -0.4 is 11.1 Å². The topological polar surface area (TPSA) is 92.4 Å². The van der Waals surface area contributed by atoms with Gasteiger partial charge in [-0.25, -0.2) is 0 Å². The first kappa shape index (κ1) is 21.9. The standard InChI is InChI=1S/C12H23NO.C6H13NO2/c14-12-10-8-6-4-2-1-3-5-7-9-11-13-12;7-5-3-1-2-4-6(8)9/h1-11H2,(H,13,14);1-5,7H2,(H,8,9). The highest BCUT2D eigenvalue weighted by molar-refractivity contribution is 5.75. The van der Waals surface area contributed by atoms with Gasteiger partial charge in [0.2, 0.25) is 5.91 Å². The van der Waals surface area contributed by atoms with Crippen molar-refractivity contribution in [3.8, 4) is 0 Å². The van der Waals surface area contributed by atoms with Crippen LogP contribution in [0.3, 0.4) is 0 Å². The van der Waals surface area contributed by atoms with Crippen LogP contribution in [0.25, 0.3) is 0 Å². The summed E-state index contributed by atoms with van der Waals surface area (Å²) in [6, 6.07) is 0. The highest BCUT2D eigenvalue weighted by Crippen LogP contribution is 2.11. The Hall–Kier alpha value is -1.10. The van der Waals surface area contributed by atoms with E-state index in [1.165, 1.54) is 44.9 Å². The molecule has 1 fully saturated rings. The predicted octanol–water partition coefficient (Wildman–Crippen LogP) is 3.61. The third kappa shape index (κ3) is 18.9. The Morgan fingerprint density at radius 1 is 0.913 bits per heavy atom. The predicted molar refractivity (Wildman–Crippen MR) is 94.3 cm³/mol. The van der Waals surface area contributed by atoms with E-state index >= 15 is 0 Å². The van der Waals surface area contributed by atoms with Gasteiger partial charge in [0.15, 0.2) is 0 Å². The van der Waals surface area contributed by atoms with Gasteiger partial charge in [-0.2, -0.15) is 0 Å². The minimum atomic E-state index is -0.716. The minimum Gasteiger partial charge on any atom is -0.481 e. The van der Waals surface area contributed by atoms with E-state index < -0.39 is 5.97 Å². The summed E-state index contributed by atoms with van der Waals surface area (Å²) in [5, 5.41) is 11.2. The van der Waals surface area contributed by atoms with E-state index in [9.17, 15) is 9.59 Å². The summed E-state index contributed by atoms with van der Waals surface area (Å²) in [4.78, 5) is 21.2. The van der Waals surface area contributed by atoms with E-state index in [-0.39, 0.29) is 12.3 Å². The summed E-state index contributed by atoms with van der Waals surface area (Å²) in [6.45, 7) is 1.55. The van der Waals surface area contributed by atoms with Crippen LogP contribution >= 0.6 is 0 Å². The largest absolute Gasteiger partial charge is 0.481 e. The van der Waals surface area contributed by atoms with Crippen LogP contribution in [0, 0.1) is 0 Å². The maximum Gasteiger partial charge on any atom is 0.303 e. The van der Waals surface area contributed by atoms with E-state index in [0.717, 1.165) is 45.1 Å². The summed E-state index contributed by atoms with van der Waals surface area (Å²) >= 11 is 0. The van der Waals surface area contributed by atoms with Gasteiger partial charge in [-0.1, -0.05) is 51.4 Å². The van der Waals surface area contributed by atoms with Gasteiger partial charge in [0, 0.05) is 19.4 Å². The van der Waals surface area contributed by atoms with E-state index in [1.807, 2.05) is 0 Å². The molecule has 4 N–H and O–H groups in total. The second-order valence-corrected chi connectivity index (χ2v) is 6.28. The van der Waals surface area contributed by atoms with Gasteiger partial charge in [-0.05, 0) is 32.2 Å². The second kappa shape index (κ2) is 17.3. The number of unbranched alkanes of at least 4 members (excludes halogenated alkanes) is 2. The molecule has 136 valence electrons. The normalized spacial score (nSPS) is 17.5. The summed E-state index contributed by atoms with van der Waals surface area (Å²) in [6.07, 6.45) is 15.2. The van der Waals surface area contributed by atoms with Gasteiger partial charge in [0.25, 0.3) is 0 Å². The number of aliphatic carboxylic acids is 1. The molecule has 0 unspecified atom stereocenters. The molecule has 23 heavy (non-hydrogen) atoms. The first-order valence-electron chi connectivity index (χ1n) is 9.35. The summed E-state index contributed by atoms with van der Waals surface area (Å²) in [5.74, 6) is -0.462. The number of rotatable bonds is 5. The fraction of sp³-hybridized carbons (Fsp3) is 0.889. The number of nitrogens with one attached hydrogen (secondary N) is 1. The third-order valence-electron chi connectivity index (χ3n) is 4.00. The van der Waals surface area contributed by atoms with Crippen molar-refractivity contribution in [2.45, 2.75) is 89.9 Å². The highest BCUT2D eigenvalue weighted by atomic mass is 16.4. The molecule has 0 aromatic heterocycles. The molecule has 0 spiro atoms. The molecule has 5 nitrogen and oxygen atoms in total. The van der Waals surface area contributed by atoms with Crippen molar-refractivity contribution in [1.82, 2.24) is 5.32 Å². The number of nitrogens with two attached hydrogens (primary N) is 1. The molecular weight excluding hydrogens is 292 g/mol. The van der Waals surface area contributed by atoms with Crippen LogP contribution in [0.1, 0.15) is 89.9 Å². The zero-order valence-corrected chi connectivity index (χ0v) is 14.7. The molecule has 0 aliphatic carbocycles. The Morgan fingerprint density at radius 3 is 2.04 bits per heavy atom. The van der Waals surface area contributed by atoms with Crippen LogP contribution in [0.2, 0.25) is 0 Å². The fourth-order valence-corrected chi connectivity index (χ4v) is 2.56. The number of amides is 1. The molecule has 0 atom stereocenters. The fourth-order valence-electron chi connectivity index (χ4n) is 2.56. The van der Waals surface area contributed by atoms with Crippen molar-refractivity contribution < 1.29 is 14.7 Å². The number of carboxylic acid groups (broad SMARTS) is 1. The van der Waals surface area contributed by atoms with Gasteiger partial charge in [0.05, 0.1) is 0 Å². The van der Waals surface area contributed by atoms with E-state index in [0.29, 0.717) is 6.54 Å². The first-order valence-corrected chi connectivity index (χ1v) is 9.35.